The van der Waals surface area contributed by atoms with Crippen molar-refractivity contribution < 1.29 is 9.72 Å². The van der Waals surface area contributed by atoms with Gasteiger partial charge in [-0.25, -0.2) is 0 Å². The lowest BCUT2D eigenvalue weighted by atomic mass is 9.93. The van der Waals surface area contributed by atoms with Crippen molar-refractivity contribution in [3.63, 3.8) is 0 Å². The average Bonchev–Trinajstić information content (AvgIpc) is 2.37. The summed E-state index contributed by atoms with van der Waals surface area (Å²) in [6.45, 7) is 4.87. The van der Waals surface area contributed by atoms with Gasteiger partial charge in [-0.1, -0.05) is 19.9 Å². The third kappa shape index (κ3) is 4.79. The van der Waals surface area contributed by atoms with Gasteiger partial charge >= 0.3 is 0 Å². The van der Waals surface area contributed by atoms with Crippen LogP contribution >= 0.6 is 12.4 Å². The van der Waals surface area contributed by atoms with Crippen LogP contribution in [-0.2, 0) is 0 Å². The number of benzene rings is 1. The van der Waals surface area contributed by atoms with Crippen LogP contribution in [0.3, 0.4) is 0 Å². The van der Waals surface area contributed by atoms with E-state index >= 15 is 0 Å². The first-order valence-corrected chi connectivity index (χ1v) is 5.97. The van der Waals surface area contributed by atoms with E-state index in [-0.39, 0.29) is 29.4 Å². The molecule has 0 fully saturated rings. The highest BCUT2D eigenvalue weighted by molar-refractivity contribution is 5.94. The Morgan fingerprint density at radius 3 is 2.55 bits per heavy atom. The first-order chi connectivity index (χ1) is 8.76. The molecule has 0 spiro atoms. The molecule has 112 valence electrons. The van der Waals surface area contributed by atoms with Crippen molar-refractivity contribution in [3.8, 4) is 0 Å². The lowest BCUT2D eigenvalue weighted by Gasteiger charge is -2.29. The number of carbonyl (C=O) groups excluding carboxylic acids is 1. The fourth-order valence-electron chi connectivity index (χ4n) is 1.75. The van der Waals surface area contributed by atoms with Gasteiger partial charge in [0.25, 0.3) is 11.6 Å². The predicted octanol–water partition coefficient (Wildman–Crippen LogP) is 2.07. The maximum absolute atomic E-state index is 12.2. The summed E-state index contributed by atoms with van der Waals surface area (Å²) in [6, 6.07) is 5.73. The SMILES string of the molecule is CN(CC(C)(C)CN)C(=O)c1cccc([N+](=O)[O-])c1.Cl. The monoisotopic (exact) mass is 301 g/mol. The molecule has 0 aliphatic carbocycles. The number of nitrogens with two attached hydrogens (primary N) is 1. The van der Waals surface area contributed by atoms with E-state index in [0.29, 0.717) is 18.7 Å². The highest BCUT2D eigenvalue weighted by Crippen LogP contribution is 2.18. The second-order valence-electron chi connectivity index (χ2n) is 5.34. The zero-order chi connectivity index (χ0) is 14.6. The molecular weight excluding hydrogens is 282 g/mol. The molecule has 1 rings (SSSR count). The number of non-ortho nitro benzene ring substituents is 1. The first-order valence-electron chi connectivity index (χ1n) is 5.97. The topological polar surface area (TPSA) is 89.5 Å². The Hall–Kier alpha value is -1.66. The highest BCUT2D eigenvalue weighted by atomic mass is 35.5. The van der Waals surface area contributed by atoms with E-state index in [4.69, 9.17) is 5.73 Å². The van der Waals surface area contributed by atoms with Gasteiger partial charge in [0, 0.05) is 31.3 Å². The van der Waals surface area contributed by atoms with E-state index in [2.05, 4.69) is 0 Å². The lowest BCUT2D eigenvalue weighted by Crippen LogP contribution is -2.39. The molecule has 0 unspecified atom stereocenters. The number of amides is 1. The molecule has 1 aromatic carbocycles. The van der Waals surface area contributed by atoms with Crippen molar-refractivity contribution >= 4 is 24.0 Å². The maximum Gasteiger partial charge on any atom is 0.270 e. The molecule has 20 heavy (non-hydrogen) atoms. The van der Waals surface area contributed by atoms with E-state index in [0.717, 1.165) is 0 Å². The Labute approximate surface area is 124 Å². The molecule has 0 bridgehead atoms. The van der Waals surface area contributed by atoms with Gasteiger partial charge in [0.05, 0.1) is 4.92 Å². The van der Waals surface area contributed by atoms with Gasteiger partial charge in [0.15, 0.2) is 0 Å². The quantitative estimate of drug-likeness (QED) is 0.666. The number of nitrogens with zero attached hydrogens (tertiary/aromatic N) is 2. The van der Waals surface area contributed by atoms with Crippen molar-refractivity contribution in [1.29, 1.82) is 0 Å². The summed E-state index contributed by atoms with van der Waals surface area (Å²) in [7, 11) is 1.67. The number of hydrogen-bond donors (Lipinski definition) is 1. The van der Waals surface area contributed by atoms with E-state index in [1.807, 2.05) is 13.8 Å². The van der Waals surface area contributed by atoms with Gasteiger partial charge in [0.2, 0.25) is 0 Å². The van der Waals surface area contributed by atoms with Gasteiger partial charge < -0.3 is 10.6 Å². The largest absolute Gasteiger partial charge is 0.341 e. The van der Waals surface area contributed by atoms with Crippen molar-refractivity contribution in [2.75, 3.05) is 20.1 Å². The zero-order valence-corrected chi connectivity index (χ0v) is 12.6. The number of nitro benzene ring substituents is 1. The molecule has 0 saturated carbocycles. The molecule has 7 heteroatoms. The van der Waals surface area contributed by atoms with Crippen molar-refractivity contribution in [1.82, 2.24) is 4.90 Å². The van der Waals surface area contributed by atoms with E-state index in [9.17, 15) is 14.9 Å². The minimum absolute atomic E-state index is 0. The summed E-state index contributed by atoms with van der Waals surface area (Å²) >= 11 is 0. The third-order valence-electron chi connectivity index (χ3n) is 2.87. The van der Waals surface area contributed by atoms with Crippen LogP contribution in [0.5, 0.6) is 0 Å². The van der Waals surface area contributed by atoms with E-state index in [1.54, 1.807) is 13.1 Å². The van der Waals surface area contributed by atoms with Crippen LogP contribution in [0, 0.1) is 15.5 Å². The van der Waals surface area contributed by atoms with Gasteiger partial charge in [-0.15, -0.1) is 12.4 Å². The molecule has 0 radical (unpaired) electrons. The molecule has 0 aliphatic rings. The van der Waals surface area contributed by atoms with Crippen LogP contribution in [0.25, 0.3) is 0 Å². The Bertz CT molecular complexity index is 492. The minimum atomic E-state index is -0.513. The summed E-state index contributed by atoms with van der Waals surface area (Å²) in [5.74, 6) is -0.245. The summed E-state index contributed by atoms with van der Waals surface area (Å²) in [5, 5.41) is 10.7. The van der Waals surface area contributed by atoms with E-state index < -0.39 is 4.92 Å². The molecule has 6 nitrogen and oxygen atoms in total. The van der Waals surface area contributed by atoms with Crippen molar-refractivity contribution in [2.45, 2.75) is 13.8 Å². The fraction of sp³-hybridized carbons (Fsp3) is 0.462. The van der Waals surface area contributed by atoms with Crippen LogP contribution < -0.4 is 5.73 Å². The van der Waals surface area contributed by atoms with E-state index in [1.165, 1.54) is 23.1 Å². The number of hydrogen-bond acceptors (Lipinski definition) is 4. The van der Waals surface area contributed by atoms with Crippen LogP contribution in [0.2, 0.25) is 0 Å². The maximum atomic E-state index is 12.2. The smallest absolute Gasteiger partial charge is 0.270 e. The molecule has 0 aromatic heterocycles. The molecule has 0 heterocycles. The number of carbonyl (C=O) groups is 1. The number of rotatable bonds is 5. The van der Waals surface area contributed by atoms with Crippen LogP contribution in [0.15, 0.2) is 24.3 Å². The van der Waals surface area contributed by atoms with Crippen LogP contribution in [0.4, 0.5) is 5.69 Å². The molecule has 2 N–H and O–H groups in total. The predicted molar refractivity (Wildman–Crippen MR) is 80.1 cm³/mol. The summed E-state index contributed by atoms with van der Waals surface area (Å²) in [5.41, 5.74) is 5.66. The average molecular weight is 302 g/mol. The van der Waals surface area contributed by atoms with Crippen LogP contribution in [0.1, 0.15) is 24.2 Å². The Kier molecular flexibility index (Phi) is 6.61. The highest BCUT2D eigenvalue weighted by Gasteiger charge is 2.22. The molecule has 0 saturated heterocycles. The third-order valence-corrected chi connectivity index (χ3v) is 2.87. The van der Waals surface area contributed by atoms with Gasteiger partial charge in [-0.05, 0) is 18.0 Å². The second kappa shape index (κ2) is 7.21. The number of nitro groups is 1. The molecule has 0 aliphatic heterocycles. The van der Waals surface area contributed by atoms with Gasteiger partial charge in [-0.3, -0.25) is 14.9 Å². The number of halogens is 1. The Morgan fingerprint density at radius 1 is 1.45 bits per heavy atom. The standard InChI is InChI=1S/C13H19N3O3.ClH/c1-13(2,8-14)9-15(3)12(17)10-5-4-6-11(7-10)16(18)19;/h4-7H,8-9,14H2,1-3H3;1H. The zero-order valence-electron chi connectivity index (χ0n) is 11.8. The minimum Gasteiger partial charge on any atom is -0.341 e. The Balaban J connectivity index is 0.00000361. The lowest BCUT2D eigenvalue weighted by molar-refractivity contribution is -0.384. The molecule has 1 amide bonds. The van der Waals surface area contributed by atoms with Gasteiger partial charge in [0.1, 0.15) is 0 Å². The fourth-order valence-corrected chi connectivity index (χ4v) is 1.75. The summed E-state index contributed by atoms with van der Waals surface area (Å²) in [6.07, 6.45) is 0. The van der Waals surface area contributed by atoms with Crippen LogP contribution in [-0.4, -0.2) is 35.9 Å². The normalized spacial score (nSPS) is 10.6. The second-order valence-corrected chi connectivity index (χ2v) is 5.34. The van der Waals surface area contributed by atoms with Crippen molar-refractivity contribution in [3.05, 3.63) is 39.9 Å². The first kappa shape index (κ1) is 18.3. The van der Waals surface area contributed by atoms with Crippen molar-refractivity contribution in [2.24, 2.45) is 11.1 Å². The molecular formula is C13H20ClN3O3. The molecule has 0 atom stereocenters. The summed E-state index contributed by atoms with van der Waals surface area (Å²) in [4.78, 5) is 23.9. The summed E-state index contributed by atoms with van der Waals surface area (Å²) < 4.78 is 0. The Morgan fingerprint density at radius 2 is 2.05 bits per heavy atom. The van der Waals surface area contributed by atoms with Gasteiger partial charge in [-0.2, -0.15) is 0 Å². The molecule has 1 aromatic rings.